The van der Waals surface area contributed by atoms with Gasteiger partial charge in [0.15, 0.2) is 0 Å². The van der Waals surface area contributed by atoms with Crippen molar-refractivity contribution >= 4 is 40.1 Å². The molecule has 33 heavy (non-hydrogen) atoms. The van der Waals surface area contributed by atoms with Gasteiger partial charge in [-0.15, -0.1) is 0 Å². The summed E-state index contributed by atoms with van der Waals surface area (Å²) in [5, 5.41) is 16.9. The number of rotatable bonds is 7. The second-order valence-electron chi connectivity index (χ2n) is 8.62. The van der Waals surface area contributed by atoms with Gasteiger partial charge in [0.05, 0.1) is 23.7 Å². The number of carbonyl (C=O) groups is 1. The lowest BCUT2D eigenvalue weighted by molar-refractivity contribution is -0.117. The van der Waals surface area contributed by atoms with Crippen LogP contribution in [0.3, 0.4) is 0 Å². The lowest BCUT2D eigenvalue weighted by atomic mass is 10.1. The summed E-state index contributed by atoms with van der Waals surface area (Å²) in [7, 11) is 1.60. The number of H-pyrrole nitrogens is 1. The van der Waals surface area contributed by atoms with Gasteiger partial charge in [-0.1, -0.05) is 12.8 Å². The van der Waals surface area contributed by atoms with Crippen molar-refractivity contribution in [1.29, 1.82) is 5.26 Å². The first-order chi connectivity index (χ1) is 16.2. The van der Waals surface area contributed by atoms with Crippen LogP contribution in [0.15, 0.2) is 24.4 Å². The van der Waals surface area contributed by atoms with Crippen LogP contribution in [-0.4, -0.2) is 41.1 Å². The maximum absolute atomic E-state index is 12.1. The first-order valence-corrected chi connectivity index (χ1v) is 11.4. The molecular weight excluding hydrogens is 418 g/mol. The summed E-state index contributed by atoms with van der Waals surface area (Å²) in [6.45, 7) is 1.54. The largest absolute Gasteiger partial charge is 0.494 e. The minimum Gasteiger partial charge on any atom is -0.494 e. The summed E-state index contributed by atoms with van der Waals surface area (Å²) in [4.78, 5) is 26.3. The first-order valence-electron chi connectivity index (χ1n) is 11.4. The number of nitrogens with zero attached hydrogens (tertiary/aromatic N) is 4. The van der Waals surface area contributed by atoms with E-state index in [0.717, 1.165) is 25.2 Å². The smallest absolute Gasteiger partial charge is 0.231 e. The predicted octanol–water partition coefficient (Wildman–Crippen LogP) is 4.31. The molecule has 5 rings (SSSR count). The maximum atomic E-state index is 12.1. The molecule has 0 unspecified atom stereocenters. The number of hydrogen-bond donors (Lipinski definition) is 3. The zero-order chi connectivity index (χ0) is 22.8. The first kappa shape index (κ1) is 21.1. The Hall–Kier alpha value is -3.80. The van der Waals surface area contributed by atoms with E-state index in [1.165, 1.54) is 25.7 Å². The summed E-state index contributed by atoms with van der Waals surface area (Å²) < 4.78 is 5.58. The Morgan fingerprint density at radius 1 is 1.27 bits per heavy atom. The number of fused-ring (bicyclic) bond motifs is 1. The molecule has 1 saturated carbocycles. The second kappa shape index (κ2) is 8.98. The molecule has 170 valence electrons. The van der Waals surface area contributed by atoms with Crippen LogP contribution in [0.1, 0.15) is 44.1 Å². The Labute approximate surface area is 192 Å². The second-order valence-corrected chi connectivity index (χ2v) is 8.62. The number of aromatic amines is 1. The molecule has 0 spiro atoms. The fraction of sp³-hybridized carbons (Fsp3) is 0.417. The zero-order valence-electron chi connectivity index (χ0n) is 18.6. The Balaban J connectivity index is 1.44. The van der Waals surface area contributed by atoms with Gasteiger partial charge >= 0.3 is 0 Å². The van der Waals surface area contributed by atoms with Crippen LogP contribution in [0, 0.1) is 17.2 Å². The third-order valence-electron chi connectivity index (χ3n) is 6.50. The normalized spacial score (nSPS) is 16.4. The van der Waals surface area contributed by atoms with Crippen LogP contribution in [0.5, 0.6) is 5.75 Å². The van der Waals surface area contributed by atoms with E-state index >= 15 is 0 Å². The van der Waals surface area contributed by atoms with Crippen LogP contribution in [0.2, 0.25) is 0 Å². The molecule has 3 heterocycles. The summed E-state index contributed by atoms with van der Waals surface area (Å²) in [6, 6.07) is 7.84. The number of nitrogens with one attached hydrogen (secondary N) is 3. The molecule has 1 aliphatic carbocycles. The van der Waals surface area contributed by atoms with E-state index in [2.05, 4.69) is 26.7 Å². The fourth-order valence-corrected chi connectivity index (χ4v) is 4.75. The zero-order valence-corrected chi connectivity index (χ0v) is 18.6. The van der Waals surface area contributed by atoms with Gasteiger partial charge in [0.1, 0.15) is 23.3 Å². The van der Waals surface area contributed by atoms with Crippen molar-refractivity contribution in [2.24, 2.45) is 5.92 Å². The van der Waals surface area contributed by atoms with E-state index in [-0.39, 0.29) is 5.91 Å². The summed E-state index contributed by atoms with van der Waals surface area (Å²) in [5.74, 6) is 2.39. The topological polar surface area (TPSA) is 119 Å². The average molecular weight is 446 g/mol. The van der Waals surface area contributed by atoms with Crippen molar-refractivity contribution in [2.45, 2.75) is 38.5 Å². The van der Waals surface area contributed by atoms with Gasteiger partial charge in [0.2, 0.25) is 11.9 Å². The molecular formula is C24H27N7O2. The minimum absolute atomic E-state index is 0.129. The molecule has 3 N–H and O–H groups in total. The summed E-state index contributed by atoms with van der Waals surface area (Å²) in [5.41, 5.74) is 2.62. The Morgan fingerprint density at radius 2 is 2.12 bits per heavy atom. The SMILES string of the molecule is COc1cc(N2CCCC2=O)ccc1Nc1nc(NCC2CCCC2)c2c(C#N)c[nH]c2n1. The maximum Gasteiger partial charge on any atom is 0.231 e. The van der Waals surface area contributed by atoms with Crippen LogP contribution in [-0.2, 0) is 4.79 Å². The van der Waals surface area contributed by atoms with E-state index in [1.54, 1.807) is 18.2 Å². The molecule has 2 aliphatic rings. The lowest BCUT2D eigenvalue weighted by Crippen LogP contribution is -2.23. The van der Waals surface area contributed by atoms with Crippen LogP contribution in [0.25, 0.3) is 11.0 Å². The molecule has 0 atom stereocenters. The van der Waals surface area contributed by atoms with Gasteiger partial charge in [-0.05, 0) is 37.3 Å². The van der Waals surface area contributed by atoms with Gasteiger partial charge in [0, 0.05) is 37.5 Å². The third kappa shape index (κ3) is 4.16. The fourth-order valence-electron chi connectivity index (χ4n) is 4.75. The molecule has 1 amide bonds. The van der Waals surface area contributed by atoms with E-state index in [9.17, 15) is 10.1 Å². The Morgan fingerprint density at radius 3 is 2.85 bits per heavy atom. The van der Waals surface area contributed by atoms with Gasteiger partial charge in [0.25, 0.3) is 0 Å². The molecule has 1 saturated heterocycles. The van der Waals surface area contributed by atoms with Crippen molar-refractivity contribution in [2.75, 3.05) is 35.7 Å². The van der Waals surface area contributed by atoms with Gasteiger partial charge in [-0.3, -0.25) is 4.79 Å². The number of benzene rings is 1. The molecule has 1 aromatic carbocycles. The van der Waals surface area contributed by atoms with E-state index < -0.39 is 0 Å². The highest BCUT2D eigenvalue weighted by Gasteiger charge is 2.23. The number of ether oxygens (including phenoxy) is 1. The van der Waals surface area contributed by atoms with E-state index in [0.29, 0.717) is 52.1 Å². The number of nitriles is 1. The standard InChI is InChI=1S/C24H27N7O2/c1-33-19-11-17(31-10-4-7-20(31)32)8-9-18(19)28-24-29-22(26-13-15-5-2-3-6-15)21-16(12-25)14-27-23(21)30-24/h8-9,11,14-15H,2-7,10,13H2,1H3,(H3,26,27,28,29,30). The van der Waals surface area contributed by atoms with Crippen LogP contribution >= 0.6 is 0 Å². The number of amides is 1. The monoisotopic (exact) mass is 445 g/mol. The van der Waals surface area contributed by atoms with E-state index in [4.69, 9.17) is 9.72 Å². The van der Waals surface area contributed by atoms with Crippen molar-refractivity contribution in [3.05, 3.63) is 30.0 Å². The highest BCUT2D eigenvalue weighted by molar-refractivity contribution is 5.96. The van der Waals surface area contributed by atoms with Crippen molar-refractivity contribution < 1.29 is 9.53 Å². The number of methoxy groups -OCH3 is 1. The highest BCUT2D eigenvalue weighted by atomic mass is 16.5. The molecule has 2 fully saturated rings. The average Bonchev–Trinajstić information content (AvgIpc) is 3.59. The third-order valence-corrected chi connectivity index (χ3v) is 6.50. The molecule has 0 bridgehead atoms. The molecule has 2 aromatic heterocycles. The quantitative estimate of drug-likeness (QED) is 0.496. The van der Waals surface area contributed by atoms with Crippen molar-refractivity contribution in [3.63, 3.8) is 0 Å². The van der Waals surface area contributed by atoms with Gasteiger partial charge < -0.3 is 25.3 Å². The lowest BCUT2D eigenvalue weighted by Gasteiger charge is -2.18. The van der Waals surface area contributed by atoms with Crippen LogP contribution in [0.4, 0.5) is 23.1 Å². The predicted molar refractivity (Wildman–Crippen MR) is 127 cm³/mol. The number of carbonyl (C=O) groups excluding carboxylic acids is 1. The molecule has 1 aliphatic heterocycles. The Kier molecular flexibility index (Phi) is 5.73. The minimum atomic E-state index is 0.129. The van der Waals surface area contributed by atoms with Crippen molar-refractivity contribution in [1.82, 2.24) is 15.0 Å². The molecule has 0 radical (unpaired) electrons. The number of aromatic nitrogens is 3. The van der Waals surface area contributed by atoms with Crippen molar-refractivity contribution in [3.8, 4) is 11.8 Å². The highest BCUT2D eigenvalue weighted by Crippen LogP contribution is 2.34. The summed E-state index contributed by atoms with van der Waals surface area (Å²) >= 11 is 0. The molecule has 9 nitrogen and oxygen atoms in total. The Bertz CT molecular complexity index is 1220. The van der Waals surface area contributed by atoms with Gasteiger partial charge in [-0.2, -0.15) is 15.2 Å². The van der Waals surface area contributed by atoms with Crippen LogP contribution < -0.4 is 20.3 Å². The molecule has 9 heteroatoms. The number of anilines is 4. The molecule has 3 aromatic rings. The number of hydrogen-bond acceptors (Lipinski definition) is 7. The van der Waals surface area contributed by atoms with Gasteiger partial charge in [-0.25, -0.2) is 0 Å². The van der Waals surface area contributed by atoms with E-state index in [1.807, 2.05) is 18.2 Å². The summed E-state index contributed by atoms with van der Waals surface area (Å²) in [6.07, 6.45) is 8.07.